The molecule has 0 spiro atoms. The van der Waals surface area contributed by atoms with E-state index >= 15 is 0 Å². The number of hydrogen-bond acceptors (Lipinski definition) is 0. The van der Waals surface area contributed by atoms with Crippen LogP contribution in [0.3, 0.4) is 0 Å². The van der Waals surface area contributed by atoms with E-state index < -0.39 is 0 Å². The minimum absolute atomic E-state index is 0. The fourth-order valence-corrected chi connectivity index (χ4v) is 1.87. The van der Waals surface area contributed by atoms with Crippen molar-refractivity contribution in [2.45, 2.75) is 4.47 Å². The van der Waals surface area contributed by atoms with Crippen molar-refractivity contribution >= 4 is 33.3 Å². The molecule has 0 atom stereocenters. The van der Waals surface area contributed by atoms with Crippen LogP contribution < -0.4 is 0 Å². The van der Waals surface area contributed by atoms with Gasteiger partial charge in [0.2, 0.25) is 0 Å². The van der Waals surface area contributed by atoms with E-state index in [9.17, 15) is 0 Å². The van der Waals surface area contributed by atoms with Gasteiger partial charge in [-0.15, -0.1) is 12.4 Å². The van der Waals surface area contributed by atoms with Crippen molar-refractivity contribution in [3.63, 3.8) is 0 Å². The Bertz CT molecular complexity index is 74.1. The van der Waals surface area contributed by atoms with Crippen molar-refractivity contribution in [2.24, 2.45) is 0 Å². The molecular formula is C5H7ClTe. The summed E-state index contributed by atoms with van der Waals surface area (Å²) in [7, 11) is 0. The number of hydrogen-bond donors (Lipinski definition) is 0. The van der Waals surface area contributed by atoms with Crippen LogP contribution in [0.15, 0.2) is 22.4 Å². The Kier molecular flexibility index (Phi) is 5.09. The van der Waals surface area contributed by atoms with E-state index in [2.05, 4.69) is 22.4 Å². The molecule has 0 fully saturated rings. The summed E-state index contributed by atoms with van der Waals surface area (Å²) in [5, 5.41) is 0. The first-order chi connectivity index (χ1) is 3.00. The Balaban J connectivity index is 0.000000360. The monoisotopic (exact) mass is 232 g/mol. The molecule has 0 nitrogen and oxygen atoms in total. The van der Waals surface area contributed by atoms with Gasteiger partial charge in [0.15, 0.2) is 0 Å². The zero-order valence-electron chi connectivity index (χ0n) is 3.83. The zero-order chi connectivity index (χ0) is 4.24. The average molecular weight is 230 g/mol. The molecule has 1 aliphatic heterocycles. The summed E-state index contributed by atoms with van der Waals surface area (Å²) in [6, 6.07) is 0. The normalized spacial score (nSPS) is 16.0. The van der Waals surface area contributed by atoms with E-state index in [1.165, 1.54) is 4.47 Å². The quantitative estimate of drug-likeness (QED) is 0.555. The van der Waals surface area contributed by atoms with Crippen LogP contribution in [0.4, 0.5) is 0 Å². The molecule has 0 N–H and O–H groups in total. The maximum Gasteiger partial charge on any atom is -0.147 e. The van der Waals surface area contributed by atoms with Crippen molar-refractivity contribution in [1.82, 2.24) is 0 Å². The van der Waals surface area contributed by atoms with Gasteiger partial charge in [-0.1, -0.05) is 0 Å². The van der Waals surface area contributed by atoms with Crippen LogP contribution in [0, 0.1) is 0 Å². The third kappa shape index (κ3) is 3.17. The third-order valence-corrected chi connectivity index (χ3v) is 2.71. The number of halogens is 1. The Morgan fingerprint density at radius 1 is 1.29 bits per heavy atom. The maximum absolute atomic E-state index is 2.31. The predicted octanol–water partition coefficient (Wildman–Crippen LogP) is 1.61. The van der Waals surface area contributed by atoms with Crippen LogP contribution in [0.1, 0.15) is 0 Å². The zero-order valence-corrected chi connectivity index (χ0v) is 6.98. The first kappa shape index (κ1) is 7.56. The summed E-state index contributed by atoms with van der Waals surface area (Å²) in [5.41, 5.74) is 0. The molecule has 0 radical (unpaired) electrons. The van der Waals surface area contributed by atoms with E-state index in [-0.39, 0.29) is 12.4 Å². The van der Waals surface area contributed by atoms with Crippen molar-refractivity contribution in [3.8, 4) is 0 Å². The first-order valence-corrected chi connectivity index (χ1v) is 4.93. The second kappa shape index (κ2) is 4.71. The summed E-state index contributed by atoms with van der Waals surface area (Å²) in [5.74, 6) is 0. The van der Waals surface area contributed by atoms with Gasteiger partial charge in [-0.05, 0) is 0 Å². The van der Waals surface area contributed by atoms with Crippen molar-refractivity contribution in [1.29, 1.82) is 0 Å². The minimum Gasteiger partial charge on any atom is -0.147 e. The molecule has 0 aromatic carbocycles. The first-order valence-electron chi connectivity index (χ1n) is 1.93. The maximum atomic E-state index is 2.31. The molecule has 0 saturated heterocycles. The van der Waals surface area contributed by atoms with Crippen LogP contribution in [0.5, 0.6) is 0 Å². The third-order valence-electron chi connectivity index (χ3n) is 0.614. The fourth-order valence-electron chi connectivity index (χ4n) is 0.346. The Morgan fingerprint density at radius 3 is 2.29 bits per heavy atom. The summed E-state index contributed by atoms with van der Waals surface area (Å²) >= 11 is 0.305. The van der Waals surface area contributed by atoms with Gasteiger partial charge in [-0.2, -0.15) is 0 Å². The summed E-state index contributed by atoms with van der Waals surface area (Å²) in [6.07, 6.45) is 6.50. The number of rotatable bonds is 0. The Hall–Kier alpha value is 0.560. The SMILES string of the molecule is C1=CC[Te]C=C1.Cl. The minimum atomic E-state index is 0. The predicted molar refractivity (Wildman–Crippen MR) is 36.1 cm³/mol. The largest absolute Gasteiger partial charge is 0.147 e. The molecule has 0 saturated carbocycles. The van der Waals surface area contributed by atoms with Gasteiger partial charge >= 0.3 is 47.7 Å². The average Bonchev–Trinajstić information content (AvgIpc) is 1.72. The van der Waals surface area contributed by atoms with Crippen LogP contribution in [0.2, 0.25) is 4.47 Å². The molecule has 0 amide bonds. The van der Waals surface area contributed by atoms with Gasteiger partial charge < -0.3 is 0 Å². The fraction of sp³-hybridized carbons (Fsp3) is 0.200. The second-order valence-corrected chi connectivity index (χ2v) is 3.77. The summed E-state index contributed by atoms with van der Waals surface area (Å²) in [4.78, 5) is 0. The van der Waals surface area contributed by atoms with E-state index in [1.54, 1.807) is 0 Å². The van der Waals surface area contributed by atoms with E-state index in [0.29, 0.717) is 20.9 Å². The molecule has 0 bridgehead atoms. The topological polar surface area (TPSA) is 0 Å². The molecule has 7 heavy (non-hydrogen) atoms. The smallest absolute Gasteiger partial charge is 0.147 e. The second-order valence-electron chi connectivity index (χ2n) is 1.09. The van der Waals surface area contributed by atoms with Crippen LogP contribution in [-0.2, 0) is 0 Å². The van der Waals surface area contributed by atoms with Crippen LogP contribution in [-0.4, -0.2) is 20.9 Å². The van der Waals surface area contributed by atoms with Gasteiger partial charge in [0.05, 0.1) is 0 Å². The van der Waals surface area contributed by atoms with Crippen molar-refractivity contribution in [3.05, 3.63) is 22.4 Å². The van der Waals surface area contributed by atoms with Crippen LogP contribution >= 0.6 is 12.4 Å². The van der Waals surface area contributed by atoms with Gasteiger partial charge in [-0.25, -0.2) is 0 Å². The molecule has 1 heterocycles. The molecule has 1 aliphatic rings. The van der Waals surface area contributed by atoms with Gasteiger partial charge in [0, 0.05) is 0 Å². The van der Waals surface area contributed by atoms with Gasteiger partial charge in [-0.3, -0.25) is 0 Å². The molecule has 0 unspecified atom stereocenters. The number of allylic oxidation sites excluding steroid dienone is 3. The van der Waals surface area contributed by atoms with Crippen molar-refractivity contribution < 1.29 is 0 Å². The van der Waals surface area contributed by atoms with E-state index in [0.717, 1.165) is 0 Å². The van der Waals surface area contributed by atoms with E-state index in [1.807, 2.05) is 0 Å². The van der Waals surface area contributed by atoms with Crippen LogP contribution in [0.25, 0.3) is 0 Å². The molecule has 2 heteroatoms. The molecule has 0 aromatic heterocycles. The molecule has 0 aliphatic carbocycles. The van der Waals surface area contributed by atoms with Gasteiger partial charge in [0.25, 0.3) is 0 Å². The summed E-state index contributed by atoms with van der Waals surface area (Å²) in [6.45, 7) is 0. The van der Waals surface area contributed by atoms with Crippen molar-refractivity contribution in [2.75, 3.05) is 0 Å². The Labute approximate surface area is 60.2 Å². The Morgan fingerprint density at radius 2 is 2.14 bits per heavy atom. The van der Waals surface area contributed by atoms with Gasteiger partial charge in [0.1, 0.15) is 0 Å². The van der Waals surface area contributed by atoms with E-state index in [4.69, 9.17) is 0 Å². The standard InChI is InChI=1S/C5H6Te.ClH/c1-2-4-6-5-3-1;/h1-4H,5H2;1H. The molecule has 0 aromatic rings. The molecular weight excluding hydrogens is 223 g/mol. The molecule has 1 rings (SSSR count). The molecule has 40 valence electrons. The summed E-state index contributed by atoms with van der Waals surface area (Å²) < 4.78 is 3.67.